The van der Waals surface area contributed by atoms with Gasteiger partial charge in [-0.25, -0.2) is 0 Å². The molecule has 7 nitrogen and oxygen atoms in total. The average molecular weight is 620 g/mol. The molecule has 0 bridgehead atoms. The van der Waals surface area contributed by atoms with Gasteiger partial charge in [0, 0.05) is 0 Å². The van der Waals surface area contributed by atoms with E-state index in [1.165, 1.54) is 0 Å². The summed E-state index contributed by atoms with van der Waals surface area (Å²) in [6.07, 6.45) is 0. The molecule has 0 aromatic heterocycles. The molecule has 12 heteroatoms. The number of nitrogens with zero attached hydrogens (tertiary/aromatic N) is 3. The Balaban J connectivity index is 1.69. The van der Waals surface area contributed by atoms with Crippen molar-refractivity contribution >= 4 is 43.7 Å². The van der Waals surface area contributed by atoms with E-state index >= 15 is 0 Å². The molecular formula is C27H26Cl2N3O4P3. The predicted octanol–water partition coefficient (Wildman–Crippen LogP) is 11.6. The van der Waals surface area contributed by atoms with Gasteiger partial charge in [-0.05, 0) is 91.8 Å². The largest absolute Gasteiger partial charge is 0.457 e. The lowest BCUT2D eigenvalue weighted by molar-refractivity contribution is 0.475. The highest BCUT2D eigenvalue weighted by Gasteiger charge is 2.43. The number of halogens is 2. The molecule has 0 spiro atoms. The van der Waals surface area contributed by atoms with E-state index in [0.29, 0.717) is 23.0 Å². The zero-order chi connectivity index (χ0) is 27.5. The third kappa shape index (κ3) is 7.31. The normalized spacial score (nSPS) is 21.5. The van der Waals surface area contributed by atoms with E-state index in [4.69, 9.17) is 49.6 Å². The summed E-state index contributed by atoms with van der Waals surface area (Å²) in [6, 6.07) is 31.4. The lowest BCUT2D eigenvalue weighted by Crippen LogP contribution is -2.03. The second kappa shape index (κ2) is 11.5. The zero-order valence-corrected chi connectivity index (χ0v) is 25.6. The van der Waals surface area contributed by atoms with E-state index in [1.807, 2.05) is 99.6 Å². The van der Waals surface area contributed by atoms with Gasteiger partial charge in [0.15, 0.2) is 0 Å². The second-order valence-electron chi connectivity index (χ2n) is 8.82. The number of aryl methyl sites for hydroxylation is 3. The summed E-state index contributed by atoms with van der Waals surface area (Å²) in [5, 5.41) is 0. The van der Waals surface area contributed by atoms with Crippen molar-refractivity contribution in [2.24, 2.45) is 13.5 Å². The molecule has 5 rings (SSSR count). The third-order valence-corrected chi connectivity index (χ3v) is 15.3. The summed E-state index contributed by atoms with van der Waals surface area (Å²) < 4.78 is 39.4. The van der Waals surface area contributed by atoms with E-state index in [1.54, 1.807) is 24.3 Å². The SMILES string of the molecule is Cc1ccc(OP2(Cl)=NP(Oc3ccc(C)cc3)(Oc3ccc(C)cc3)=NP(Cl)(Oc3ccccc3)=N2)cc1. The van der Waals surface area contributed by atoms with Crippen LogP contribution in [-0.4, -0.2) is 0 Å². The first-order valence-electron chi connectivity index (χ1n) is 12.0. The minimum absolute atomic E-state index is 0.470. The molecule has 2 atom stereocenters. The molecule has 1 aliphatic rings. The number of hydrogen-bond acceptors (Lipinski definition) is 7. The quantitative estimate of drug-likeness (QED) is 0.184. The van der Waals surface area contributed by atoms with Crippen LogP contribution >= 0.6 is 43.7 Å². The summed E-state index contributed by atoms with van der Waals surface area (Å²) in [7, 11) is -3.65. The predicted molar refractivity (Wildman–Crippen MR) is 162 cm³/mol. The topological polar surface area (TPSA) is 74.0 Å². The van der Waals surface area contributed by atoms with Crippen molar-refractivity contribution < 1.29 is 18.1 Å². The van der Waals surface area contributed by atoms with Gasteiger partial charge in [0.1, 0.15) is 23.0 Å². The van der Waals surface area contributed by atoms with Crippen LogP contribution < -0.4 is 18.1 Å². The number of rotatable bonds is 8. The van der Waals surface area contributed by atoms with Gasteiger partial charge in [-0.3, -0.25) is 0 Å². The molecule has 0 N–H and O–H groups in total. The highest BCUT2D eigenvalue weighted by atomic mass is 35.7. The fourth-order valence-corrected chi connectivity index (χ4v) is 14.9. The first kappa shape index (κ1) is 27.9. The van der Waals surface area contributed by atoms with E-state index in [-0.39, 0.29) is 0 Å². The minimum Gasteiger partial charge on any atom is -0.431 e. The van der Waals surface area contributed by atoms with Gasteiger partial charge < -0.3 is 18.1 Å². The lowest BCUT2D eigenvalue weighted by Gasteiger charge is -2.29. The van der Waals surface area contributed by atoms with Gasteiger partial charge in [0.25, 0.3) is 0 Å². The van der Waals surface area contributed by atoms with Gasteiger partial charge in [0.2, 0.25) is 0 Å². The van der Waals surface area contributed by atoms with Crippen LogP contribution in [0.3, 0.4) is 0 Å². The molecule has 1 aliphatic heterocycles. The number of para-hydroxylation sites is 1. The van der Waals surface area contributed by atoms with E-state index in [9.17, 15) is 0 Å². The summed E-state index contributed by atoms with van der Waals surface area (Å²) >= 11 is 14.2. The minimum atomic E-state index is -3.65. The Morgan fingerprint density at radius 2 is 0.795 bits per heavy atom. The van der Waals surface area contributed by atoms with Crippen molar-refractivity contribution in [3.63, 3.8) is 0 Å². The monoisotopic (exact) mass is 619 g/mol. The van der Waals surface area contributed by atoms with Crippen LogP contribution in [0.2, 0.25) is 0 Å². The van der Waals surface area contributed by atoms with Crippen molar-refractivity contribution in [3.05, 3.63) is 120 Å². The van der Waals surface area contributed by atoms with Crippen LogP contribution in [0.5, 0.6) is 23.0 Å². The summed E-state index contributed by atoms with van der Waals surface area (Å²) in [5.74, 6) is 1.91. The van der Waals surface area contributed by atoms with Crippen molar-refractivity contribution in [1.82, 2.24) is 0 Å². The zero-order valence-electron chi connectivity index (χ0n) is 21.4. The highest BCUT2D eigenvalue weighted by Crippen LogP contribution is 2.81. The van der Waals surface area contributed by atoms with Crippen molar-refractivity contribution in [2.75, 3.05) is 0 Å². The maximum absolute atomic E-state index is 7.09. The molecule has 202 valence electrons. The lowest BCUT2D eigenvalue weighted by atomic mass is 10.2. The molecule has 0 amide bonds. The summed E-state index contributed by atoms with van der Waals surface area (Å²) in [4.78, 5) is 0. The van der Waals surface area contributed by atoms with E-state index in [2.05, 4.69) is 4.52 Å². The van der Waals surface area contributed by atoms with Crippen LogP contribution in [0.4, 0.5) is 0 Å². The molecule has 4 aromatic rings. The smallest absolute Gasteiger partial charge is 0.431 e. The summed E-state index contributed by atoms with van der Waals surface area (Å²) in [5.41, 5.74) is 3.20. The van der Waals surface area contributed by atoms with Crippen LogP contribution in [0.1, 0.15) is 16.7 Å². The van der Waals surface area contributed by atoms with E-state index in [0.717, 1.165) is 16.7 Å². The Hall–Kier alpha value is -2.65. The van der Waals surface area contributed by atoms with Crippen LogP contribution in [0.25, 0.3) is 0 Å². The molecule has 0 saturated carbocycles. The summed E-state index contributed by atoms with van der Waals surface area (Å²) in [6.45, 7) is -1.15. The van der Waals surface area contributed by atoms with Crippen molar-refractivity contribution in [1.29, 1.82) is 0 Å². The van der Waals surface area contributed by atoms with Gasteiger partial charge in [-0.2, -0.15) is 0 Å². The fourth-order valence-electron chi connectivity index (χ4n) is 3.45. The first-order valence-corrected chi connectivity index (χ1v) is 18.5. The first-order chi connectivity index (χ1) is 18.6. The number of benzene rings is 4. The highest BCUT2D eigenvalue weighted by molar-refractivity contribution is 8.00. The third-order valence-electron chi connectivity index (χ3n) is 5.37. The maximum Gasteiger partial charge on any atom is 0.457 e. The molecule has 4 aromatic carbocycles. The molecule has 0 saturated heterocycles. The number of hydrogen-bond donors (Lipinski definition) is 0. The molecule has 0 radical (unpaired) electrons. The Morgan fingerprint density at radius 1 is 0.436 bits per heavy atom. The Labute approximate surface area is 238 Å². The van der Waals surface area contributed by atoms with Gasteiger partial charge in [0.05, 0.1) is 0 Å². The van der Waals surface area contributed by atoms with Crippen LogP contribution in [0, 0.1) is 20.8 Å². The average Bonchev–Trinajstić information content (AvgIpc) is 2.88. The fraction of sp³-hybridized carbons (Fsp3) is 0.111. The Morgan fingerprint density at radius 3 is 1.23 bits per heavy atom. The standard InChI is InChI=1S/C27H26Cl2N3O4P3/c1-21-9-15-25(16-10-21)34-38(29)30-37(28,33-24-7-5-4-6-8-24)31-39(32-38,35-26-17-11-22(2)12-18-26)36-27-19-13-23(3)14-20-27/h4-20H,1-3H3. The van der Waals surface area contributed by atoms with Gasteiger partial charge in [-0.15, -0.1) is 13.5 Å². The van der Waals surface area contributed by atoms with Crippen LogP contribution in [-0.2, 0) is 0 Å². The van der Waals surface area contributed by atoms with Gasteiger partial charge in [-0.1, -0.05) is 71.3 Å². The van der Waals surface area contributed by atoms with Crippen LogP contribution in [0.15, 0.2) is 117 Å². The Kier molecular flexibility index (Phi) is 8.19. The Bertz CT molecular complexity index is 1580. The molecule has 0 fully saturated rings. The van der Waals surface area contributed by atoms with Crippen molar-refractivity contribution in [2.45, 2.75) is 20.8 Å². The molecule has 2 unspecified atom stereocenters. The molecule has 39 heavy (non-hydrogen) atoms. The van der Waals surface area contributed by atoms with E-state index < -0.39 is 21.2 Å². The van der Waals surface area contributed by atoms with Crippen molar-refractivity contribution in [3.8, 4) is 23.0 Å². The molecule has 0 aliphatic carbocycles. The second-order valence-corrected chi connectivity index (χ2v) is 17.2. The molecule has 1 heterocycles. The van der Waals surface area contributed by atoms with Gasteiger partial charge >= 0.3 is 21.2 Å². The molecular weight excluding hydrogens is 594 g/mol. The maximum atomic E-state index is 7.09.